The van der Waals surface area contributed by atoms with E-state index in [4.69, 9.17) is 4.74 Å². The van der Waals surface area contributed by atoms with Crippen LogP contribution in [0.5, 0.6) is 5.75 Å². The van der Waals surface area contributed by atoms with Crippen LogP contribution in [-0.4, -0.2) is 24.1 Å². The molecule has 0 aliphatic carbocycles. The van der Waals surface area contributed by atoms with E-state index in [0.29, 0.717) is 17.8 Å². The zero-order chi connectivity index (χ0) is 19.8. The van der Waals surface area contributed by atoms with Crippen molar-refractivity contribution in [2.45, 2.75) is 46.4 Å². The maximum Gasteiger partial charge on any atom is 0.319 e. The summed E-state index contributed by atoms with van der Waals surface area (Å²) in [5.41, 5.74) is 1.84. The van der Waals surface area contributed by atoms with Crippen molar-refractivity contribution in [3.8, 4) is 5.75 Å². The monoisotopic (exact) mass is 369 g/mol. The van der Waals surface area contributed by atoms with Gasteiger partial charge in [0.2, 0.25) is 0 Å². The first-order chi connectivity index (χ1) is 12.8. The van der Waals surface area contributed by atoms with E-state index in [2.05, 4.69) is 16.0 Å². The van der Waals surface area contributed by atoms with Crippen molar-refractivity contribution in [2.24, 2.45) is 0 Å². The second kappa shape index (κ2) is 9.62. The van der Waals surface area contributed by atoms with E-state index in [-0.39, 0.29) is 24.1 Å². The molecule has 0 aromatic heterocycles. The van der Waals surface area contributed by atoms with E-state index in [1.54, 1.807) is 24.3 Å². The maximum absolute atomic E-state index is 12.5. The molecule has 0 radical (unpaired) electrons. The number of benzene rings is 2. The fourth-order valence-electron chi connectivity index (χ4n) is 2.45. The molecule has 6 heteroatoms. The van der Waals surface area contributed by atoms with Gasteiger partial charge in [-0.15, -0.1) is 0 Å². The zero-order valence-electron chi connectivity index (χ0n) is 16.2. The summed E-state index contributed by atoms with van der Waals surface area (Å²) < 4.78 is 5.61. The van der Waals surface area contributed by atoms with Gasteiger partial charge in [-0.05, 0) is 57.5 Å². The van der Waals surface area contributed by atoms with Gasteiger partial charge in [-0.2, -0.15) is 0 Å². The number of hydrogen-bond donors (Lipinski definition) is 3. The number of ether oxygens (including phenoxy) is 1. The maximum atomic E-state index is 12.5. The highest BCUT2D eigenvalue weighted by molar-refractivity contribution is 6.03. The topological polar surface area (TPSA) is 79.5 Å². The minimum absolute atomic E-state index is 0.00800. The van der Waals surface area contributed by atoms with E-state index in [1.807, 2.05) is 52.0 Å². The Bertz CT molecular complexity index is 770. The Kier molecular flexibility index (Phi) is 7.23. The molecule has 2 aromatic carbocycles. The number of hydrogen-bond acceptors (Lipinski definition) is 3. The van der Waals surface area contributed by atoms with Crippen LogP contribution in [0.2, 0.25) is 0 Å². The lowest BCUT2D eigenvalue weighted by molar-refractivity contribution is 0.0952. The number of carbonyl (C=O) groups excluding carboxylic acids is 2. The Labute approximate surface area is 160 Å². The van der Waals surface area contributed by atoms with E-state index in [0.717, 1.165) is 11.3 Å². The van der Waals surface area contributed by atoms with Crippen molar-refractivity contribution in [1.82, 2.24) is 10.6 Å². The van der Waals surface area contributed by atoms with Gasteiger partial charge in [0.05, 0.1) is 17.4 Å². The Morgan fingerprint density at radius 1 is 0.963 bits per heavy atom. The number of para-hydroxylation sites is 1. The molecular formula is C21H27N3O3. The summed E-state index contributed by atoms with van der Waals surface area (Å²) in [5, 5.41) is 8.34. The van der Waals surface area contributed by atoms with Crippen LogP contribution in [0.4, 0.5) is 10.5 Å². The summed E-state index contributed by atoms with van der Waals surface area (Å²) in [6.45, 7) is 8.07. The van der Waals surface area contributed by atoms with Gasteiger partial charge in [-0.3, -0.25) is 4.79 Å². The largest absolute Gasteiger partial charge is 0.491 e. The molecule has 0 fully saturated rings. The Hall–Kier alpha value is -3.02. The van der Waals surface area contributed by atoms with Crippen LogP contribution in [0.3, 0.4) is 0 Å². The predicted molar refractivity (Wildman–Crippen MR) is 107 cm³/mol. The first-order valence-electron chi connectivity index (χ1n) is 9.05. The molecule has 0 saturated heterocycles. The molecule has 27 heavy (non-hydrogen) atoms. The molecule has 0 heterocycles. The molecule has 0 saturated carbocycles. The molecule has 2 aromatic rings. The highest BCUT2D eigenvalue weighted by atomic mass is 16.5. The van der Waals surface area contributed by atoms with E-state index in [1.165, 1.54) is 0 Å². The standard InChI is InChI=1S/C21H27N3O3/c1-14(2)23-21(26)24-19-8-6-5-7-18(19)20(25)22-13-16-9-11-17(12-10-16)27-15(3)4/h5-12,14-15H,13H2,1-4H3,(H,22,25)(H2,23,24,26). The highest BCUT2D eigenvalue weighted by Gasteiger charge is 2.13. The van der Waals surface area contributed by atoms with Crippen LogP contribution >= 0.6 is 0 Å². The summed E-state index contributed by atoms with van der Waals surface area (Å²) in [5.74, 6) is 0.545. The van der Waals surface area contributed by atoms with Crippen LogP contribution in [0.15, 0.2) is 48.5 Å². The van der Waals surface area contributed by atoms with Gasteiger partial charge in [0, 0.05) is 12.6 Å². The molecule has 3 N–H and O–H groups in total. The van der Waals surface area contributed by atoms with Gasteiger partial charge >= 0.3 is 6.03 Å². The second-order valence-electron chi connectivity index (χ2n) is 6.79. The first-order valence-corrected chi connectivity index (χ1v) is 9.05. The minimum atomic E-state index is -0.342. The van der Waals surface area contributed by atoms with E-state index in [9.17, 15) is 9.59 Å². The molecule has 3 amide bonds. The SMILES string of the molecule is CC(C)NC(=O)Nc1ccccc1C(=O)NCc1ccc(OC(C)C)cc1. The molecular weight excluding hydrogens is 342 g/mol. The number of urea groups is 1. The van der Waals surface area contributed by atoms with Gasteiger partial charge in [0.1, 0.15) is 5.75 Å². The average molecular weight is 369 g/mol. The molecule has 2 rings (SSSR count). The fraction of sp³-hybridized carbons (Fsp3) is 0.333. The number of carbonyl (C=O) groups is 2. The number of amides is 3. The van der Waals surface area contributed by atoms with Crippen molar-refractivity contribution >= 4 is 17.6 Å². The normalized spacial score (nSPS) is 10.6. The summed E-state index contributed by atoms with van der Waals surface area (Å²) in [4.78, 5) is 24.5. The van der Waals surface area contributed by atoms with Crippen molar-refractivity contribution in [1.29, 1.82) is 0 Å². The number of nitrogens with one attached hydrogen (secondary N) is 3. The third kappa shape index (κ3) is 6.66. The van der Waals surface area contributed by atoms with Gasteiger partial charge in [-0.25, -0.2) is 4.79 Å². The summed E-state index contributed by atoms with van der Waals surface area (Å²) in [7, 11) is 0. The van der Waals surface area contributed by atoms with Crippen LogP contribution in [0.25, 0.3) is 0 Å². The predicted octanol–water partition coefficient (Wildman–Crippen LogP) is 3.93. The molecule has 0 aliphatic rings. The number of rotatable bonds is 7. The first kappa shape index (κ1) is 20.3. The molecule has 144 valence electrons. The third-order valence-corrected chi connectivity index (χ3v) is 3.59. The third-order valence-electron chi connectivity index (χ3n) is 3.59. The van der Waals surface area contributed by atoms with Gasteiger partial charge in [0.25, 0.3) is 5.91 Å². The molecule has 6 nitrogen and oxygen atoms in total. The highest BCUT2D eigenvalue weighted by Crippen LogP contribution is 2.16. The number of anilines is 1. The summed E-state index contributed by atoms with van der Waals surface area (Å²) in [6, 6.07) is 14.2. The van der Waals surface area contributed by atoms with E-state index < -0.39 is 0 Å². The van der Waals surface area contributed by atoms with Crippen molar-refractivity contribution < 1.29 is 14.3 Å². The molecule has 0 unspecified atom stereocenters. The van der Waals surface area contributed by atoms with Crippen LogP contribution < -0.4 is 20.7 Å². The lowest BCUT2D eigenvalue weighted by Gasteiger charge is -2.14. The fourth-order valence-corrected chi connectivity index (χ4v) is 2.45. The summed E-state index contributed by atoms with van der Waals surface area (Å²) >= 11 is 0. The van der Waals surface area contributed by atoms with Crippen LogP contribution in [0, 0.1) is 0 Å². The van der Waals surface area contributed by atoms with Gasteiger partial charge < -0.3 is 20.7 Å². The van der Waals surface area contributed by atoms with Crippen molar-refractivity contribution in [2.75, 3.05) is 5.32 Å². The average Bonchev–Trinajstić information content (AvgIpc) is 2.60. The minimum Gasteiger partial charge on any atom is -0.491 e. The van der Waals surface area contributed by atoms with E-state index >= 15 is 0 Å². The molecule has 0 bridgehead atoms. The van der Waals surface area contributed by atoms with Crippen molar-refractivity contribution in [3.05, 3.63) is 59.7 Å². The Morgan fingerprint density at radius 3 is 2.26 bits per heavy atom. The quantitative estimate of drug-likeness (QED) is 0.692. The smallest absolute Gasteiger partial charge is 0.319 e. The Morgan fingerprint density at radius 2 is 1.63 bits per heavy atom. The van der Waals surface area contributed by atoms with Gasteiger partial charge in [0.15, 0.2) is 0 Å². The molecule has 0 spiro atoms. The Balaban J connectivity index is 1.98. The van der Waals surface area contributed by atoms with Crippen LogP contribution in [0.1, 0.15) is 43.6 Å². The van der Waals surface area contributed by atoms with Crippen molar-refractivity contribution in [3.63, 3.8) is 0 Å². The second-order valence-corrected chi connectivity index (χ2v) is 6.79. The van der Waals surface area contributed by atoms with Gasteiger partial charge in [-0.1, -0.05) is 24.3 Å². The lowest BCUT2D eigenvalue weighted by atomic mass is 10.1. The molecule has 0 atom stereocenters. The van der Waals surface area contributed by atoms with Crippen LogP contribution in [-0.2, 0) is 6.54 Å². The summed E-state index contributed by atoms with van der Waals surface area (Å²) in [6.07, 6.45) is 0.118. The lowest BCUT2D eigenvalue weighted by Crippen LogP contribution is -2.35. The molecule has 0 aliphatic heterocycles. The zero-order valence-corrected chi connectivity index (χ0v) is 16.2.